The highest BCUT2D eigenvalue weighted by Crippen LogP contribution is 2.44. The molecule has 4 rings (SSSR count). The third-order valence-electron chi connectivity index (χ3n) is 5.49. The summed E-state index contributed by atoms with van der Waals surface area (Å²) in [5, 5.41) is 5.21. The Labute approximate surface area is 179 Å². The Kier molecular flexibility index (Phi) is 5.64. The Bertz CT molecular complexity index is 1100. The molecular formula is C22H24N4O3S. The Morgan fingerprint density at radius 3 is 2.30 bits per heavy atom. The van der Waals surface area contributed by atoms with E-state index in [1.807, 2.05) is 19.1 Å². The normalized spacial score (nSPS) is 14.0. The van der Waals surface area contributed by atoms with Crippen molar-refractivity contribution in [1.29, 1.82) is 0 Å². The van der Waals surface area contributed by atoms with Crippen molar-refractivity contribution in [2.24, 2.45) is 0 Å². The molecule has 30 heavy (non-hydrogen) atoms. The molecule has 0 amide bonds. The summed E-state index contributed by atoms with van der Waals surface area (Å²) in [4.78, 5) is 14.1. The quantitative estimate of drug-likeness (QED) is 0.520. The smallest absolute Gasteiger partial charge is 0.246 e. The number of fused-ring (bicyclic) bond motifs is 1. The topological polar surface area (TPSA) is 69.9 Å². The van der Waals surface area contributed by atoms with Crippen LogP contribution in [0.25, 0.3) is 26.4 Å². The summed E-state index contributed by atoms with van der Waals surface area (Å²) in [5.74, 6) is 2.96. The summed E-state index contributed by atoms with van der Waals surface area (Å²) in [6, 6.07) is 4.09. The number of nitrogens with zero attached hydrogens (tertiary/aromatic N) is 3. The number of aryl methyl sites for hydroxylation is 1. The molecule has 0 atom stereocenters. The molecule has 2 aromatic heterocycles. The zero-order valence-corrected chi connectivity index (χ0v) is 18.4. The van der Waals surface area contributed by atoms with Gasteiger partial charge < -0.3 is 19.5 Å². The van der Waals surface area contributed by atoms with Crippen molar-refractivity contribution in [1.82, 2.24) is 9.97 Å². The van der Waals surface area contributed by atoms with Gasteiger partial charge in [0.25, 0.3) is 0 Å². The number of hydrogen-bond acceptors (Lipinski definition) is 7. The molecule has 156 valence electrons. The first-order valence-corrected chi connectivity index (χ1v) is 10.7. The van der Waals surface area contributed by atoms with Gasteiger partial charge in [0.2, 0.25) is 10.8 Å². The molecule has 0 aliphatic heterocycles. The number of nitrogens with one attached hydrogen (secondary N) is 1. The van der Waals surface area contributed by atoms with Crippen molar-refractivity contribution in [3.63, 3.8) is 0 Å². The van der Waals surface area contributed by atoms with Crippen molar-refractivity contribution in [3.8, 4) is 28.6 Å². The lowest BCUT2D eigenvalue weighted by atomic mass is 10.1. The van der Waals surface area contributed by atoms with E-state index in [-0.39, 0.29) is 0 Å². The fraction of sp³-hybridized carbons (Fsp3) is 0.409. The average molecular weight is 425 g/mol. The van der Waals surface area contributed by atoms with Gasteiger partial charge in [-0.05, 0) is 37.5 Å². The summed E-state index contributed by atoms with van der Waals surface area (Å²) in [6.07, 6.45) is 4.71. The summed E-state index contributed by atoms with van der Waals surface area (Å²) >= 11 is 1.40. The molecular weight excluding hydrogens is 400 g/mol. The molecule has 3 aromatic rings. The fourth-order valence-electron chi connectivity index (χ4n) is 3.94. The number of hydrogen-bond donors (Lipinski definition) is 1. The highest BCUT2D eigenvalue weighted by atomic mass is 32.1. The third kappa shape index (κ3) is 3.50. The van der Waals surface area contributed by atoms with E-state index in [1.54, 1.807) is 21.3 Å². The minimum Gasteiger partial charge on any atom is -0.493 e. The molecule has 1 aromatic carbocycles. The van der Waals surface area contributed by atoms with Crippen LogP contribution in [-0.2, 0) is 0 Å². The minimum absolute atomic E-state index is 0.395. The van der Waals surface area contributed by atoms with E-state index in [9.17, 15) is 0 Å². The van der Waals surface area contributed by atoms with Crippen LogP contribution in [0.15, 0.2) is 12.1 Å². The van der Waals surface area contributed by atoms with Gasteiger partial charge in [0.15, 0.2) is 17.3 Å². The number of ether oxygens (including phenoxy) is 3. The van der Waals surface area contributed by atoms with Gasteiger partial charge in [-0.1, -0.05) is 12.8 Å². The molecule has 1 saturated carbocycles. The van der Waals surface area contributed by atoms with Gasteiger partial charge in [0.1, 0.15) is 10.6 Å². The first-order chi connectivity index (χ1) is 14.6. The van der Waals surface area contributed by atoms with Crippen LogP contribution in [0, 0.1) is 13.5 Å². The Morgan fingerprint density at radius 1 is 1.07 bits per heavy atom. The molecule has 0 radical (unpaired) electrons. The summed E-state index contributed by atoms with van der Waals surface area (Å²) in [7, 11) is 4.75. The summed E-state index contributed by atoms with van der Waals surface area (Å²) in [5.41, 5.74) is 1.69. The van der Waals surface area contributed by atoms with Gasteiger partial charge in [-0.25, -0.2) is 14.8 Å². The zero-order chi connectivity index (χ0) is 21.3. The van der Waals surface area contributed by atoms with Gasteiger partial charge >= 0.3 is 0 Å². The predicted octanol–water partition coefficient (Wildman–Crippen LogP) is 5.60. The van der Waals surface area contributed by atoms with Crippen LogP contribution >= 0.6 is 11.3 Å². The van der Waals surface area contributed by atoms with E-state index in [2.05, 4.69) is 10.2 Å². The predicted molar refractivity (Wildman–Crippen MR) is 119 cm³/mol. The number of anilines is 1. The molecule has 0 saturated heterocycles. The maximum atomic E-state index is 7.50. The van der Waals surface area contributed by atoms with Crippen molar-refractivity contribution >= 4 is 32.4 Å². The van der Waals surface area contributed by atoms with Crippen LogP contribution < -0.4 is 19.5 Å². The standard InChI is InChI=1S/C22H24N4O3S/c1-12-17-20(24-14-8-6-7-9-14)25-19(26-22(17)30-21(12)23-2)13-10-15(27-3)18(29-5)16(11-13)28-4/h10-11,14H,6-9H2,1,3-5H3,(H,24,25,26). The molecule has 1 aliphatic carbocycles. The molecule has 1 aliphatic rings. The maximum Gasteiger partial charge on any atom is 0.246 e. The number of rotatable bonds is 6. The molecule has 8 heteroatoms. The molecule has 2 heterocycles. The summed E-state index contributed by atoms with van der Waals surface area (Å²) < 4.78 is 16.4. The molecule has 7 nitrogen and oxygen atoms in total. The first kappa shape index (κ1) is 20.2. The van der Waals surface area contributed by atoms with E-state index < -0.39 is 0 Å². The van der Waals surface area contributed by atoms with E-state index in [4.69, 9.17) is 30.8 Å². The van der Waals surface area contributed by atoms with Crippen LogP contribution in [0.3, 0.4) is 0 Å². The molecule has 0 spiro atoms. The average Bonchev–Trinajstić information content (AvgIpc) is 3.39. The number of methoxy groups -OCH3 is 3. The SMILES string of the molecule is [C-]#[N+]c1sc2nc(-c3cc(OC)c(OC)c(OC)c3)nc(NC3CCCC3)c2c1C. The van der Waals surface area contributed by atoms with Crippen molar-refractivity contribution < 1.29 is 14.2 Å². The number of aromatic nitrogens is 2. The second-order valence-electron chi connectivity index (χ2n) is 7.26. The van der Waals surface area contributed by atoms with E-state index in [0.717, 1.165) is 40.0 Å². The first-order valence-electron chi connectivity index (χ1n) is 9.85. The van der Waals surface area contributed by atoms with Crippen molar-refractivity contribution in [3.05, 3.63) is 29.1 Å². The molecule has 0 bridgehead atoms. The lowest BCUT2D eigenvalue weighted by molar-refractivity contribution is 0.324. The van der Waals surface area contributed by atoms with Crippen LogP contribution in [0.2, 0.25) is 0 Å². The Morgan fingerprint density at radius 2 is 1.73 bits per heavy atom. The second kappa shape index (κ2) is 8.36. The molecule has 0 unspecified atom stereocenters. The number of thiophene rings is 1. The molecule has 1 N–H and O–H groups in total. The molecule has 1 fully saturated rings. The van der Waals surface area contributed by atoms with Gasteiger partial charge in [-0.15, -0.1) is 11.3 Å². The zero-order valence-electron chi connectivity index (χ0n) is 17.5. The fourth-order valence-corrected chi connectivity index (χ4v) is 4.91. The second-order valence-corrected chi connectivity index (χ2v) is 8.24. The van der Waals surface area contributed by atoms with Crippen molar-refractivity contribution in [2.75, 3.05) is 26.6 Å². The highest BCUT2D eigenvalue weighted by molar-refractivity contribution is 7.22. The van der Waals surface area contributed by atoms with Crippen molar-refractivity contribution in [2.45, 2.75) is 38.6 Å². The van der Waals surface area contributed by atoms with Crippen LogP contribution in [0.5, 0.6) is 17.2 Å². The highest BCUT2D eigenvalue weighted by Gasteiger charge is 2.22. The largest absolute Gasteiger partial charge is 0.493 e. The van der Waals surface area contributed by atoms with Crippen LogP contribution in [-0.4, -0.2) is 37.3 Å². The van der Waals surface area contributed by atoms with Gasteiger partial charge in [0, 0.05) is 17.0 Å². The minimum atomic E-state index is 0.395. The van der Waals surface area contributed by atoms with E-state index in [1.165, 1.54) is 24.2 Å². The van der Waals surface area contributed by atoms with Gasteiger partial charge in [-0.2, -0.15) is 0 Å². The van der Waals surface area contributed by atoms with E-state index in [0.29, 0.717) is 34.1 Å². The van der Waals surface area contributed by atoms with Crippen LogP contribution in [0.1, 0.15) is 31.2 Å². The van der Waals surface area contributed by atoms with Crippen LogP contribution in [0.4, 0.5) is 10.8 Å². The van der Waals surface area contributed by atoms with Gasteiger partial charge in [0.05, 0.1) is 27.9 Å². The number of benzene rings is 1. The monoisotopic (exact) mass is 424 g/mol. The summed E-state index contributed by atoms with van der Waals surface area (Å²) in [6.45, 7) is 9.47. The third-order valence-corrected chi connectivity index (χ3v) is 6.57. The Balaban J connectivity index is 1.90. The Hall–Kier alpha value is -3.05. The van der Waals surface area contributed by atoms with Gasteiger partial charge in [-0.3, -0.25) is 0 Å². The lowest BCUT2D eigenvalue weighted by Crippen LogP contribution is -2.16. The maximum absolute atomic E-state index is 7.50. The lowest BCUT2D eigenvalue weighted by Gasteiger charge is -2.16. The van der Waals surface area contributed by atoms with E-state index >= 15 is 0 Å².